The molecule has 188 valence electrons. The van der Waals surface area contributed by atoms with Crippen LogP contribution in [0.3, 0.4) is 0 Å². The maximum atomic E-state index is 13.4. The van der Waals surface area contributed by atoms with E-state index in [-0.39, 0.29) is 30.7 Å². The summed E-state index contributed by atoms with van der Waals surface area (Å²) in [4.78, 5) is 39.8. The molecule has 5 N–H and O–H groups in total. The van der Waals surface area contributed by atoms with E-state index < -0.39 is 0 Å². The van der Waals surface area contributed by atoms with Crippen LogP contribution in [0.1, 0.15) is 41.3 Å². The standard InChI is InChI=1S/C27H26N6O3S/c1-3-12-33(36-16-17-4-8-21(28)9-5-17)27(35)20-13-18-6-7-19(14-22(18)31-23(29)15-20)26(34)32-25-11-10-24(30-2)37-25/h4-11,13-14H,3,12,15-16,28H2,1H3,(H2,29,31)(H,32,34). The van der Waals surface area contributed by atoms with Gasteiger partial charge in [-0.05, 0) is 54.5 Å². The minimum atomic E-state index is -0.329. The topological polar surface area (TPSA) is 127 Å². The smallest absolute Gasteiger partial charge is 0.273 e. The van der Waals surface area contributed by atoms with Crippen LogP contribution in [0.4, 0.5) is 21.4 Å². The van der Waals surface area contributed by atoms with Gasteiger partial charge in [-0.1, -0.05) is 25.1 Å². The number of rotatable bonds is 8. The lowest BCUT2D eigenvalue weighted by Crippen LogP contribution is -2.34. The first-order valence-electron chi connectivity index (χ1n) is 11.6. The number of carbonyl (C=O) groups is 2. The Hall–Kier alpha value is -4.46. The molecule has 0 aliphatic carbocycles. The van der Waals surface area contributed by atoms with Crippen molar-refractivity contribution < 1.29 is 14.4 Å². The fourth-order valence-corrected chi connectivity index (χ4v) is 4.35. The van der Waals surface area contributed by atoms with Gasteiger partial charge in [0.25, 0.3) is 11.8 Å². The summed E-state index contributed by atoms with van der Waals surface area (Å²) in [6, 6.07) is 15.6. The number of nitrogens with zero attached hydrogens (tertiary/aromatic N) is 3. The van der Waals surface area contributed by atoms with Crippen molar-refractivity contribution in [2.75, 3.05) is 17.6 Å². The van der Waals surface area contributed by atoms with Crippen LogP contribution in [0.5, 0.6) is 0 Å². The van der Waals surface area contributed by atoms with Gasteiger partial charge in [0, 0.05) is 35.4 Å². The van der Waals surface area contributed by atoms with E-state index in [1.54, 1.807) is 48.5 Å². The molecular weight excluding hydrogens is 488 g/mol. The third kappa shape index (κ3) is 6.41. The Labute approximate surface area is 218 Å². The van der Waals surface area contributed by atoms with Gasteiger partial charge in [0.15, 0.2) is 0 Å². The Balaban J connectivity index is 1.53. The largest absolute Gasteiger partial charge is 0.399 e. The van der Waals surface area contributed by atoms with Gasteiger partial charge in [0.05, 0.1) is 17.3 Å². The summed E-state index contributed by atoms with van der Waals surface area (Å²) in [6.07, 6.45) is 2.59. The Morgan fingerprint density at radius 2 is 1.95 bits per heavy atom. The van der Waals surface area contributed by atoms with Crippen LogP contribution in [0.2, 0.25) is 0 Å². The third-order valence-electron chi connectivity index (χ3n) is 5.49. The van der Waals surface area contributed by atoms with Gasteiger partial charge in [-0.15, -0.1) is 11.3 Å². The van der Waals surface area contributed by atoms with Crippen molar-refractivity contribution in [3.63, 3.8) is 0 Å². The molecule has 0 fully saturated rings. The number of hydrogen-bond donors (Lipinski definition) is 3. The zero-order chi connectivity index (χ0) is 26.4. The predicted octanol–water partition coefficient (Wildman–Crippen LogP) is 5.28. The number of hydrogen-bond acceptors (Lipinski definition) is 7. The van der Waals surface area contributed by atoms with Crippen molar-refractivity contribution in [1.82, 2.24) is 5.06 Å². The third-order valence-corrected chi connectivity index (χ3v) is 6.39. The SMILES string of the molecule is [C-]#[N+]c1ccc(NC(=O)c2ccc3c(c2)N=C(N)CC(C(=O)N(CCC)OCc2ccc(N)cc2)=C3)s1. The molecule has 3 aromatic rings. The van der Waals surface area contributed by atoms with Gasteiger partial charge in [-0.2, -0.15) is 0 Å². The number of carbonyl (C=O) groups excluding carboxylic acids is 2. The minimum absolute atomic E-state index is 0.148. The Kier molecular flexibility index (Phi) is 7.98. The van der Waals surface area contributed by atoms with E-state index in [1.165, 1.54) is 16.4 Å². The fourth-order valence-electron chi connectivity index (χ4n) is 3.66. The van der Waals surface area contributed by atoms with Gasteiger partial charge in [-0.3, -0.25) is 14.4 Å². The van der Waals surface area contributed by atoms with Crippen molar-refractivity contribution in [3.05, 3.63) is 88.3 Å². The van der Waals surface area contributed by atoms with E-state index >= 15 is 0 Å². The first-order valence-corrected chi connectivity index (χ1v) is 12.4. The molecule has 0 bridgehead atoms. The maximum absolute atomic E-state index is 13.4. The molecule has 2 aromatic carbocycles. The zero-order valence-corrected chi connectivity index (χ0v) is 21.0. The molecule has 0 saturated carbocycles. The second-order valence-electron chi connectivity index (χ2n) is 8.35. The molecule has 0 saturated heterocycles. The highest BCUT2D eigenvalue weighted by Gasteiger charge is 2.23. The Morgan fingerprint density at radius 3 is 2.65 bits per heavy atom. The van der Waals surface area contributed by atoms with Crippen molar-refractivity contribution in [1.29, 1.82) is 0 Å². The number of aliphatic imine (C=N–C) groups is 1. The summed E-state index contributed by atoms with van der Waals surface area (Å²) >= 11 is 1.20. The number of anilines is 2. The summed E-state index contributed by atoms with van der Waals surface area (Å²) < 4.78 is 0. The van der Waals surface area contributed by atoms with Crippen LogP contribution in [0, 0.1) is 6.57 Å². The van der Waals surface area contributed by atoms with Crippen LogP contribution in [-0.2, 0) is 16.2 Å². The summed E-state index contributed by atoms with van der Waals surface area (Å²) in [7, 11) is 0. The first-order chi connectivity index (χ1) is 17.9. The molecule has 0 spiro atoms. The highest BCUT2D eigenvalue weighted by molar-refractivity contribution is 7.20. The van der Waals surface area contributed by atoms with Gasteiger partial charge in [0.1, 0.15) is 12.4 Å². The Morgan fingerprint density at radius 1 is 1.16 bits per heavy atom. The quantitative estimate of drug-likeness (QED) is 0.214. The molecule has 1 aromatic heterocycles. The highest BCUT2D eigenvalue weighted by Crippen LogP contribution is 2.31. The first kappa shape index (κ1) is 25.6. The molecule has 2 amide bonds. The molecule has 1 aliphatic rings. The lowest BCUT2D eigenvalue weighted by atomic mass is 10.0. The summed E-state index contributed by atoms with van der Waals surface area (Å²) in [5.74, 6) is -0.367. The monoisotopic (exact) mass is 514 g/mol. The summed E-state index contributed by atoms with van der Waals surface area (Å²) in [6.45, 7) is 9.66. The lowest BCUT2D eigenvalue weighted by Gasteiger charge is -2.22. The van der Waals surface area contributed by atoms with Crippen molar-refractivity contribution in [2.24, 2.45) is 10.7 Å². The van der Waals surface area contributed by atoms with E-state index in [1.807, 2.05) is 19.1 Å². The average molecular weight is 515 g/mol. The normalized spacial score (nSPS) is 12.4. The zero-order valence-electron chi connectivity index (χ0n) is 20.2. The number of nitrogens with one attached hydrogen (secondary N) is 1. The highest BCUT2D eigenvalue weighted by atomic mass is 32.1. The summed E-state index contributed by atoms with van der Waals surface area (Å²) in [5.41, 5.74) is 15.4. The van der Waals surface area contributed by atoms with Crippen molar-refractivity contribution in [2.45, 2.75) is 26.4 Å². The number of benzene rings is 2. The van der Waals surface area contributed by atoms with Crippen molar-refractivity contribution >= 4 is 56.4 Å². The predicted molar refractivity (Wildman–Crippen MR) is 146 cm³/mol. The van der Waals surface area contributed by atoms with Gasteiger partial charge >= 0.3 is 0 Å². The number of fused-ring (bicyclic) bond motifs is 1. The molecule has 37 heavy (non-hydrogen) atoms. The Bertz CT molecular complexity index is 1420. The molecule has 9 nitrogen and oxygen atoms in total. The molecule has 0 unspecified atom stereocenters. The minimum Gasteiger partial charge on any atom is -0.399 e. The average Bonchev–Trinajstić information content (AvgIpc) is 3.27. The molecule has 0 radical (unpaired) electrons. The molecule has 4 rings (SSSR count). The van der Waals surface area contributed by atoms with E-state index in [9.17, 15) is 9.59 Å². The number of thiophene rings is 1. The second-order valence-corrected chi connectivity index (χ2v) is 9.41. The van der Waals surface area contributed by atoms with Crippen LogP contribution < -0.4 is 16.8 Å². The summed E-state index contributed by atoms with van der Waals surface area (Å²) in [5, 5.41) is 5.21. The molecule has 1 aliphatic heterocycles. The van der Waals surface area contributed by atoms with E-state index in [4.69, 9.17) is 22.9 Å². The molecule has 2 heterocycles. The number of nitrogen functional groups attached to an aromatic ring is 1. The van der Waals surface area contributed by atoms with E-state index in [0.717, 1.165) is 5.56 Å². The van der Waals surface area contributed by atoms with Crippen LogP contribution >= 0.6 is 11.3 Å². The van der Waals surface area contributed by atoms with Crippen LogP contribution in [-0.4, -0.2) is 29.3 Å². The number of amidine groups is 1. The number of nitrogens with two attached hydrogens (primary N) is 2. The van der Waals surface area contributed by atoms with Crippen LogP contribution in [0.15, 0.2) is 65.2 Å². The maximum Gasteiger partial charge on any atom is 0.273 e. The fraction of sp³-hybridized carbons (Fsp3) is 0.185. The molecule has 10 heteroatoms. The van der Waals surface area contributed by atoms with Gasteiger partial charge in [0.2, 0.25) is 5.00 Å². The van der Waals surface area contributed by atoms with Crippen molar-refractivity contribution in [3.8, 4) is 0 Å². The van der Waals surface area contributed by atoms with Gasteiger partial charge < -0.3 is 16.8 Å². The number of amides is 2. The van der Waals surface area contributed by atoms with Crippen LogP contribution in [0.25, 0.3) is 10.9 Å². The van der Waals surface area contributed by atoms with E-state index in [2.05, 4.69) is 15.2 Å². The van der Waals surface area contributed by atoms with E-state index in [0.29, 0.717) is 51.0 Å². The number of hydroxylamine groups is 2. The lowest BCUT2D eigenvalue weighted by molar-refractivity contribution is -0.187. The second kappa shape index (κ2) is 11.5. The molecule has 0 atom stereocenters. The molecular formula is C27H26N6O3S. The van der Waals surface area contributed by atoms with Gasteiger partial charge in [-0.25, -0.2) is 14.9 Å².